The number of unbranched alkanes of at least 4 members (excludes halogenated alkanes) is 1. The number of benzene rings is 3. The number of rotatable bonds is 7. The van der Waals surface area contributed by atoms with Crippen molar-refractivity contribution in [1.29, 1.82) is 0 Å². The van der Waals surface area contributed by atoms with Gasteiger partial charge in [-0.15, -0.1) is 0 Å². The Kier molecular flexibility index (Phi) is 6.58. The van der Waals surface area contributed by atoms with E-state index in [2.05, 4.69) is 0 Å². The van der Waals surface area contributed by atoms with E-state index in [0.29, 0.717) is 58.4 Å². The summed E-state index contributed by atoms with van der Waals surface area (Å²) < 4.78 is 0. The first-order chi connectivity index (χ1) is 15.5. The van der Waals surface area contributed by atoms with Crippen LogP contribution >= 0.6 is 23.2 Å². The van der Waals surface area contributed by atoms with Crippen LogP contribution in [0, 0.1) is 0 Å². The van der Waals surface area contributed by atoms with Crippen LogP contribution in [-0.2, 0) is 0 Å². The van der Waals surface area contributed by atoms with Gasteiger partial charge in [-0.05, 0) is 61.4 Å². The van der Waals surface area contributed by atoms with E-state index in [1.54, 1.807) is 77.7 Å². The first-order valence-electron chi connectivity index (χ1n) is 10.2. The van der Waals surface area contributed by atoms with Crippen LogP contribution < -0.4 is 4.90 Å². The zero-order chi connectivity index (χ0) is 22.7. The van der Waals surface area contributed by atoms with Crippen LogP contribution in [0.25, 0.3) is 0 Å². The molecule has 0 unspecified atom stereocenters. The highest BCUT2D eigenvalue weighted by Gasteiger charge is 2.34. The van der Waals surface area contributed by atoms with Crippen LogP contribution in [0.4, 0.5) is 5.69 Å². The van der Waals surface area contributed by atoms with Gasteiger partial charge in [-0.2, -0.15) is 0 Å². The van der Waals surface area contributed by atoms with E-state index in [0.717, 1.165) is 0 Å². The maximum absolute atomic E-state index is 13.2. The van der Waals surface area contributed by atoms with Gasteiger partial charge in [0, 0.05) is 23.8 Å². The lowest BCUT2D eigenvalue weighted by molar-refractivity contribution is 0.0651. The van der Waals surface area contributed by atoms with Crippen LogP contribution in [0.2, 0.25) is 10.0 Å². The van der Waals surface area contributed by atoms with E-state index < -0.39 is 0 Å². The zero-order valence-corrected chi connectivity index (χ0v) is 18.6. The minimum Gasteiger partial charge on any atom is -0.308 e. The summed E-state index contributed by atoms with van der Waals surface area (Å²) in [4.78, 5) is 41.2. The fourth-order valence-corrected chi connectivity index (χ4v) is 4.07. The number of carbonyl (C=O) groups is 3. The van der Waals surface area contributed by atoms with Crippen LogP contribution in [0.1, 0.15) is 43.9 Å². The molecule has 0 aromatic heterocycles. The highest BCUT2D eigenvalue weighted by atomic mass is 35.5. The summed E-state index contributed by atoms with van der Waals surface area (Å²) in [6.07, 6.45) is 1.15. The molecule has 0 saturated heterocycles. The number of nitrogens with zero attached hydrogens (tertiary/aromatic N) is 2. The molecule has 0 N–H and O–H groups in total. The Bertz CT molecular complexity index is 1140. The summed E-state index contributed by atoms with van der Waals surface area (Å²) in [5.41, 5.74) is 1.98. The maximum atomic E-state index is 13.2. The van der Waals surface area contributed by atoms with Crippen molar-refractivity contribution in [3.8, 4) is 0 Å². The maximum Gasteiger partial charge on any atom is 0.261 e. The molecule has 0 fully saturated rings. The fraction of sp³-hybridized carbons (Fsp3) is 0.160. The molecule has 1 aliphatic heterocycles. The Balaban J connectivity index is 1.45. The zero-order valence-electron chi connectivity index (χ0n) is 17.1. The number of hydrogen-bond donors (Lipinski definition) is 0. The number of anilines is 1. The summed E-state index contributed by atoms with van der Waals surface area (Å²) in [6, 6.07) is 20.7. The van der Waals surface area contributed by atoms with E-state index in [1.165, 1.54) is 4.90 Å². The Morgan fingerprint density at radius 1 is 0.781 bits per heavy atom. The molecule has 3 amide bonds. The van der Waals surface area contributed by atoms with Gasteiger partial charge >= 0.3 is 0 Å². The Labute approximate surface area is 196 Å². The molecule has 3 aromatic carbocycles. The van der Waals surface area contributed by atoms with Crippen LogP contribution in [0.3, 0.4) is 0 Å². The topological polar surface area (TPSA) is 57.7 Å². The molecular formula is C25H20Cl2N2O3. The molecule has 0 atom stereocenters. The molecule has 0 saturated carbocycles. The number of halogens is 2. The first-order valence-corrected chi connectivity index (χ1v) is 11.0. The average Bonchev–Trinajstić information content (AvgIpc) is 3.05. The second-order valence-corrected chi connectivity index (χ2v) is 8.27. The number of amides is 3. The van der Waals surface area contributed by atoms with Crippen molar-refractivity contribution in [1.82, 2.24) is 4.90 Å². The fourth-order valence-electron chi connectivity index (χ4n) is 3.73. The van der Waals surface area contributed by atoms with Crippen molar-refractivity contribution >= 4 is 46.6 Å². The summed E-state index contributed by atoms with van der Waals surface area (Å²) >= 11 is 12.3. The summed E-state index contributed by atoms with van der Waals surface area (Å²) in [5, 5.41) is 0.951. The van der Waals surface area contributed by atoms with Gasteiger partial charge in [0.1, 0.15) is 0 Å². The minimum absolute atomic E-state index is 0.223. The van der Waals surface area contributed by atoms with E-state index >= 15 is 0 Å². The molecule has 0 bridgehead atoms. The molecule has 162 valence electrons. The van der Waals surface area contributed by atoms with Crippen molar-refractivity contribution in [2.24, 2.45) is 0 Å². The molecule has 4 rings (SSSR count). The third-order valence-electron chi connectivity index (χ3n) is 5.38. The van der Waals surface area contributed by atoms with Crippen molar-refractivity contribution in [2.45, 2.75) is 12.8 Å². The number of fused-ring (bicyclic) bond motifs is 1. The predicted molar refractivity (Wildman–Crippen MR) is 126 cm³/mol. The lowest BCUT2D eigenvalue weighted by atomic mass is 10.1. The first kappa shape index (κ1) is 22.1. The number of imide groups is 1. The molecule has 7 heteroatoms. The Hall–Kier alpha value is -3.15. The number of carbonyl (C=O) groups excluding carboxylic acids is 3. The smallest absolute Gasteiger partial charge is 0.261 e. The summed E-state index contributed by atoms with van der Waals surface area (Å²) in [5.74, 6) is -0.766. The second kappa shape index (κ2) is 9.55. The van der Waals surface area contributed by atoms with Gasteiger partial charge in [0.05, 0.1) is 21.7 Å². The summed E-state index contributed by atoms with van der Waals surface area (Å²) in [6.45, 7) is 0.690. The highest BCUT2D eigenvalue weighted by Crippen LogP contribution is 2.25. The molecular weight excluding hydrogens is 447 g/mol. The van der Waals surface area contributed by atoms with Crippen LogP contribution in [0.15, 0.2) is 72.8 Å². The molecule has 0 radical (unpaired) electrons. The van der Waals surface area contributed by atoms with Crippen molar-refractivity contribution < 1.29 is 14.4 Å². The van der Waals surface area contributed by atoms with Crippen LogP contribution in [0.5, 0.6) is 0 Å². The molecule has 5 nitrogen and oxygen atoms in total. The van der Waals surface area contributed by atoms with Gasteiger partial charge < -0.3 is 4.90 Å². The highest BCUT2D eigenvalue weighted by molar-refractivity contribution is 6.34. The van der Waals surface area contributed by atoms with Gasteiger partial charge in [0.15, 0.2) is 0 Å². The standard InChI is InChI=1S/C25H20Cl2N2O3/c26-17-11-13-18(14-12-17)28(25(32)21-9-3-4-10-22(21)27)15-5-6-16-29-23(30)19-7-1-2-8-20(19)24(29)31/h1-4,7-14H,5-6,15-16H2. The molecule has 0 aliphatic carbocycles. The summed E-state index contributed by atoms with van der Waals surface area (Å²) in [7, 11) is 0. The number of hydrogen-bond acceptors (Lipinski definition) is 3. The van der Waals surface area contributed by atoms with E-state index in [1.807, 2.05) is 0 Å². The molecule has 32 heavy (non-hydrogen) atoms. The average molecular weight is 467 g/mol. The van der Waals surface area contributed by atoms with E-state index in [9.17, 15) is 14.4 Å². The lowest BCUT2D eigenvalue weighted by Crippen LogP contribution is -2.34. The van der Waals surface area contributed by atoms with Crippen molar-refractivity contribution in [3.05, 3.63) is 99.5 Å². The third-order valence-corrected chi connectivity index (χ3v) is 5.96. The van der Waals surface area contributed by atoms with Crippen molar-refractivity contribution in [3.63, 3.8) is 0 Å². The van der Waals surface area contributed by atoms with Gasteiger partial charge in [0.2, 0.25) is 0 Å². The molecule has 0 spiro atoms. The molecule has 1 heterocycles. The van der Waals surface area contributed by atoms with Gasteiger partial charge in [-0.25, -0.2) is 0 Å². The van der Waals surface area contributed by atoms with Gasteiger partial charge in [0.25, 0.3) is 17.7 Å². The Morgan fingerprint density at radius 2 is 1.38 bits per heavy atom. The Morgan fingerprint density at radius 3 is 2.00 bits per heavy atom. The van der Waals surface area contributed by atoms with E-state index in [4.69, 9.17) is 23.2 Å². The predicted octanol–water partition coefficient (Wildman–Crippen LogP) is 5.72. The second-order valence-electron chi connectivity index (χ2n) is 7.43. The SMILES string of the molecule is O=C1c2ccccc2C(=O)N1CCCCN(C(=O)c1ccccc1Cl)c1ccc(Cl)cc1. The lowest BCUT2D eigenvalue weighted by Gasteiger charge is -2.24. The van der Waals surface area contributed by atoms with E-state index in [-0.39, 0.29) is 17.7 Å². The molecule has 1 aliphatic rings. The monoisotopic (exact) mass is 466 g/mol. The minimum atomic E-state index is -0.271. The van der Waals surface area contributed by atoms with Gasteiger partial charge in [-0.3, -0.25) is 19.3 Å². The largest absolute Gasteiger partial charge is 0.308 e. The van der Waals surface area contributed by atoms with Crippen LogP contribution in [-0.4, -0.2) is 35.7 Å². The third kappa shape index (κ3) is 4.40. The molecule has 3 aromatic rings. The van der Waals surface area contributed by atoms with Crippen molar-refractivity contribution in [2.75, 3.05) is 18.0 Å². The quantitative estimate of drug-likeness (QED) is 0.330. The normalized spacial score (nSPS) is 12.8. The van der Waals surface area contributed by atoms with Gasteiger partial charge in [-0.1, -0.05) is 47.5 Å².